The topological polar surface area (TPSA) is 32.3 Å². The highest BCUT2D eigenvalue weighted by Gasteiger charge is 2.06. The molecule has 1 aromatic carbocycles. The maximum atomic E-state index is 9.65. The molecular weight excluding hydrogens is 390 g/mol. The van der Waals surface area contributed by atoms with E-state index in [9.17, 15) is 5.11 Å². The summed E-state index contributed by atoms with van der Waals surface area (Å²) < 4.78 is 1.42. The third kappa shape index (κ3) is 3.81. The van der Waals surface area contributed by atoms with Crippen LogP contribution < -0.4 is 5.32 Å². The number of rotatable bonds is 4. The normalized spacial score (nSPS) is 10.9. The number of thiophene rings is 1. The second-order valence-corrected chi connectivity index (χ2v) is 7.51. The van der Waals surface area contributed by atoms with Gasteiger partial charge in [-0.2, -0.15) is 0 Å². The predicted octanol–water partition coefficient (Wildman–Crippen LogP) is 4.89. The van der Waals surface area contributed by atoms with E-state index in [0.29, 0.717) is 8.95 Å². The first kappa shape index (κ1) is 15.0. The number of benzene rings is 1. The first-order chi connectivity index (χ1) is 8.97. The van der Waals surface area contributed by atoms with Gasteiger partial charge in [0.2, 0.25) is 0 Å². The van der Waals surface area contributed by atoms with Crippen molar-refractivity contribution in [3.05, 3.63) is 48.0 Å². The molecule has 0 amide bonds. The smallest absolute Gasteiger partial charge is 0.143 e. The van der Waals surface area contributed by atoms with E-state index < -0.39 is 0 Å². The van der Waals surface area contributed by atoms with Gasteiger partial charge in [-0.1, -0.05) is 0 Å². The Labute approximate surface area is 134 Å². The summed E-state index contributed by atoms with van der Waals surface area (Å²) in [6, 6.07) is 6.09. The second kappa shape index (κ2) is 6.39. The van der Waals surface area contributed by atoms with Gasteiger partial charge >= 0.3 is 0 Å². The van der Waals surface area contributed by atoms with Crippen molar-refractivity contribution in [3.8, 4) is 5.75 Å². The largest absolute Gasteiger partial charge is 0.506 e. The Morgan fingerprint density at radius 1 is 1.11 bits per heavy atom. The third-order valence-electron chi connectivity index (χ3n) is 2.92. The van der Waals surface area contributed by atoms with Crippen LogP contribution in [0.5, 0.6) is 5.75 Å². The molecule has 0 saturated carbocycles. The lowest BCUT2D eigenvalue weighted by atomic mass is 10.2. The van der Waals surface area contributed by atoms with Crippen molar-refractivity contribution < 1.29 is 5.11 Å². The van der Waals surface area contributed by atoms with Gasteiger partial charge in [0, 0.05) is 22.8 Å². The maximum Gasteiger partial charge on any atom is 0.143 e. The first-order valence-corrected chi connectivity index (χ1v) is 8.31. The van der Waals surface area contributed by atoms with Crippen LogP contribution in [0.3, 0.4) is 0 Å². The van der Waals surface area contributed by atoms with Crippen molar-refractivity contribution in [3.63, 3.8) is 0 Å². The van der Waals surface area contributed by atoms with Gasteiger partial charge in [0.1, 0.15) is 5.75 Å². The lowest BCUT2D eigenvalue weighted by molar-refractivity contribution is 0.468. The minimum Gasteiger partial charge on any atom is -0.506 e. The molecule has 0 aliphatic rings. The summed E-state index contributed by atoms with van der Waals surface area (Å²) in [4.78, 5) is 2.74. The molecule has 102 valence electrons. The van der Waals surface area contributed by atoms with Crippen LogP contribution in [0.15, 0.2) is 27.1 Å². The molecule has 2 aromatic rings. The van der Waals surface area contributed by atoms with Crippen molar-refractivity contribution in [2.45, 2.75) is 26.9 Å². The van der Waals surface area contributed by atoms with Gasteiger partial charge in [-0.15, -0.1) is 11.3 Å². The van der Waals surface area contributed by atoms with E-state index in [0.717, 1.165) is 18.7 Å². The molecule has 1 heterocycles. The summed E-state index contributed by atoms with van der Waals surface area (Å²) in [5, 5.41) is 13.1. The molecule has 19 heavy (non-hydrogen) atoms. The quantitative estimate of drug-likeness (QED) is 0.760. The van der Waals surface area contributed by atoms with Crippen LogP contribution in [-0.4, -0.2) is 5.11 Å². The summed E-state index contributed by atoms with van der Waals surface area (Å²) in [6.07, 6.45) is 0. The Hall–Kier alpha value is -0.360. The fourth-order valence-electron chi connectivity index (χ4n) is 1.79. The van der Waals surface area contributed by atoms with Gasteiger partial charge in [-0.05, 0) is 75.0 Å². The van der Waals surface area contributed by atoms with Crippen LogP contribution in [0.4, 0.5) is 0 Å². The Balaban J connectivity index is 1.96. The minimum absolute atomic E-state index is 0.244. The highest BCUT2D eigenvalue weighted by atomic mass is 79.9. The number of nitrogens with one attached hydrogen (secondary N) is 1. The van der Waals surface area contributed by atoms with E-state index in [1.54, 1.807) is 0 Å². The van der Waals surface area contributed by atoms with Crippen molar-refractivity contribution >= 4 is 43.2 Å². The number of halogens is 2. The highest BCUT2D eigenvalue weighted by molar-refractivity contribution is 9.11. The van der Waals surface area contributed by atoms with Crippen LogP contribution in [0.25, 0.3) is 0 Å². The molecule has 5 heteroatoms. The van der Waals surface area contributed by atoms with E-state index in [2.05, 4.69) is 57.1 Å². The van der Waals surface area contributed by atoms with E-state index in [1.165, 1.54) is 15.3 Å². The molecule has 0 unspecified atom stereocenters. The maximum absolute atomic E-state index is 9.65. The molecule has 0 bridgehead atoms. The van der Waals surface area contributed by atoms with Gasteiger partial charge in [-0.25, -0.2) is 0 Å². The van der Waals surface area contributed by atoms with Gasteiger partial charge < -0.3 is 10.4 Å². The zero-order valence-electron chi connectivity index (χ0n) is 10.8. The summed E-state index contributed by atoms with van der Waals surface area (Å²) >= 11 is 8.52. The Bertz CT molecular complexity index is 553. The molecule has 0 aliphatic carbocycles. The predicted molar refractivity (Wildman–Crippen MR) is 87.8 cm³/mol. The molecule has 0 aliphatic heterocycles. The molecular formula is C14H15Br2NOS. The number of phenolic OH excluding ortho intramolecular Hbond substituents is 1. The van der Waals surface area contributed by atoms with Crippen LogP contribution in [0.2, 0.25) is 0 Å². The van der Waals surface area contributed by atoms with Gasteiger partial charge in [0.25, 0.3) is 0 Å². The van der Waals surface area contributed by atoms with E-state index >= 15 is 0 Å². The van der Waals surface area contributed by atoms with Crippen LogP contribution in [0.1, 0.15) is 20.9 Å². The lowest BCUT2D eigenvalue weighted by Crippen LogP contribution is -2.11. The summed E-state index contributed by atoms with van der Waals surface area (Å²) in [6.45, 7) is 5.93. The van der Waals surface area contributed by atoms with E-state index in [4.69, 9.17) is 0 Å². The number of hydrogen-bond acceptors (Lipinski definition) is 3. The SMILES string of the molecule is Cc1cc(CNCc2cc(Br)c(O)c(Br)c2)sc1C. The van der Waals surface area contributed by atoms with Crippen molar-refractivity contribution in [1.29, 1.82) is 0 Å². The summed E-state index contributed by atoms with van der Waals surface area (Å²) in [5.41, 5.74) is 2.48. The molecule has 2 N–H and O–H groups in total. The average molecular weight is 405 g/mol. The average Bonchev–Trinajstić information content (AvgIpc) is 2.65. The zero-order chi connectivity index (χ0) is 14.0. The summed E-state index contributed by atoms with van der Waals surface area (Å²) in [7, 11) is 0. The summed E-state index contributed by atoms with van der Waals surface area (Å²) in [5.74, 6) is 0.244. The van der Waals surface area contributed by atoms with Gasteiger partial charge in [0.05, 0.1) is 8.95 Å². The Morgan fingerprint density at radius 3 is 2.26 bits per heavy atom. The van der Waals surface area contributed by atoms with Gasteiger partial charge in [-0.3, -0.25) is 0 Å². The fourth-order valence-corrected chi connectivity index (χ4v) is 4.09. The van der Waals surface area contributed by atoms with Crippen molar-refractivity contribution in [2.75, 3.05) is 0 Å². The Morgan fingerprint density at radius 2 is 1.74 bits per heavy atom. The lowest BCUT2D eigenvalue weighted by Gasteiger charge is -2.07. The van der Waals surface area contributed by atoms with Crippen LogP contribution in [-0.2, 0) is 13.1 Å². The van der Waals surface area contributed by atoms with Crippen LogP contribution in [0, 0.1) is 13.8 Å². The molecule has 0 saturated heterocycles. The number of hydrogen-bond donors (Lipinski definition) is 2. The number of phenols is 1. The molecule has 2 nitrogen and oxygen atoms in total. The zero-order valence-corrected chi connectivity index (χ0v) is 14.7. The molecule has 2 rings (SSSR count). The van der Waals surface area contributed by atoms with Crippen molar-refractivity contribution in [2.24, 2.45) is 0 Å². The number of aryl methyl sites for hydroxylation is 2. The molecule has 0 fully saturated rings. The molecule has 0 atom stereocenters. The molecule has 0 spiro atoms. The first-order valence-electron chi connectivity index (χ1n) is 5.91. The van der Waals surface area contributed by atoms with E-state index in [1.807, 2.05) is 23.5 Å². The van der Waals surface area contributed by atoms with E-state index in [-0.39, 0.29) is 5.75 Å². The standard InChI is InChI=1S/C14H15Br2NOS/c1-8-3-11(19-9(8)2)7-17-6-10-4-12(15)14(18)13(16)5-10/h3-5,17-18H,6-7H2,1-2H3. The fraction of sp³-hybridized carbons (Fsp3) is 0.286. The molecule has 0 radical (unpaired) electrons. The third-order valence-corrected chi connectivity index (χ3v) is 5.28. The Kier molecular flexibility index (Phi) is 5.06. The minimum atomic E-state index is 0.244. The van der Waals surface area contributed by atoms with Crippen LogP contribution >= 0.6 is 43.2 Å². The van der Waals surface area contributed by atoms with Gasteiger partial charge in [0.15, 0.2) is 0 Å². The number of aromatic hydroxyl groups is 1. The monoisotopic (exact) mass is 403 g/mol. The highest BCUT2D eigenvalue weighted by Crippen LogP contribution is 2.33. The molecule has 1 aromatic heterocycles. The second-order valence-electron chi connectivity index (χ2n) is 4.46. The van der Waals surface area contributed by atoms with Crippen molar-refractivity contribution in [1.82, 2.24) is 5.32 Å².